The maximum Gasteiger partial charge on any atom is 0.331 e. The molecule has 2 N–H and O–H groups in total. The van der Waals surface area contributed by atoms with Crippen LogP contribution < -0.4 is 5.32 Å². The van der Waals surface area contributed by atoms with Crippen LogP contribution in [0.25, 0.3) is 10.9 Å². The molecule has 0 bridgehead atoms. The number of aryl methyl sites for hydroxylation is 1. The number of carboxylic acids is 1. The summed E-state index contributed by atoms with van der Waals surface area (Å²) in [5.74, 6) is -2.11. The van der Waals surface area contributed by atoms with E-state index in [1.165, 1.54) is 16.7 Å². The first-order chi connectivity index (χ1) is 18.3. The number of carbonyl (C=O) groups is 4. The molecular formula is C31H44N4O5. The summed E-state index contributed by atoms with van der Waals surface area (Å²) in [6, 6.07) is 5.51. The number of aliphatic carboxylic acids is 1. The highest BCUT2D eigenvalue weighted by molar-refractivity contribution is 6.07. The molecule has 9 nitrogen and oxygen atoms in total. The fraction of sp³-hybridized carbons (Fsp3) is 0.548. The lowest BCUT2D eigenvalue weighted by Crippen LogP contribution is -2.64. The molecule has 1 aromatic carbocycles. The van der Waals surface area contributed by atoms with Crippen molar-refractivity contribution in [3.8, 4) is 0 Å². The van der Waals surface area contributed by atoms with Gasteiger partial charge in [-0.2, -0.15) is 0 Å². The quantitative estimate of drug-likeness (QED) is 0.505. The van der Waals surface area contributed by atoms with Crippen LogP contribution in [0.2, 0.25) is 0 Å². The van der Waals surface area contributed by atoms with Crippen LogP contribution in [0, 0.1) is 11.3 Å². The Morgan fingerprint density at radius 3 is 2.23 bits per heavy atom. The Balaban J connectivity index is 2.03. The monoisotopic (exact) mass is 552 g/mol. The number of likely N-dealkylation sites (N-methyl/N-ethyl adjacent to an activating group) is 2. The van der Waals surface area contributed by atoms with Crippen molar-refractivity contribution in [2.75, 3.05) is 14.1 Å². The van der Waals surface area contributed by atoms with E-state index in [0.29, 0.717) is 5.69 Å². The first-order valence-corrected chi connectivity index (χ1v) is 13.7. The Morgan fingerprint density at radius 2 is 1.70 bits per heavy atom. The number of benzene rings is 1. The second-order valence-corrected chi connectivity index (χ2v) is 13.0. The lowest BCUT2D eigenvalue weighted by molar-refractivity contribution is -0.141. The number of para-hydroxylation sites is 1. The van der Waals surface area contributed by atoms with Crippen LogP contribution in [-0.4, -0.2) is 75.4 Å². The fourth-order valence-corrected chi connectivity index (χ4v) is 6.00. The molecule has 40 heavy (non-hydrogen) atoms. The first kappa shape index (κ1) is 30.9. The molecule has 0 fully saturated rings. The largest absolute Gasteiger partial charge is 0.478 e. The molecule has 0 radical (unpaired) electrons. The van der Waals surface area contributed by atoms with Crippen LogP contribution >= 0.6 is 0 Å². The third kappa shape index (κ3) is 5.25. The molecule has 1 aliphatic heterocycles. The van der Waals surface area contributed by atoms with E-state index >= 15 is 0 Å². The first-order valence-electron chi connectivity index (χ1n) is 13.7. The fourth-order valence-electron chi connectivity index (χ4n) is 6.00. The van der Waals surface area contributed by atoms with E-state index in [2.05, 4.69) is 5.32 Å². The van der Waals surface area contributed by atoms with Crippen molar-refractivity contribution < 1.29 is 24.3 Å². The minimum absolute atomic E-state index is 0.0645. The van der Waals surface area contributed by atoms with Crippen molar-refractivity contribution in [2.45, 2.75) is 78.9 Å². The Hall–Kier alpha value is -3.62. The van der Waals surface area contributed by atoms with Gasteiger partial charge in [0.1, 0.15) is 17.8 Å². The highest BCUT2D eigenvalue weighted by Gasteiger charge is 2.51. The summed E-state index contributed by atoms with van der Waals surface area (Å²) in [5, 5.41) is 13.3. The Labute approximate surface area is 237 Å². The minimum Gasteiger partial charge on any atom is -0.478 e. The van der Waals surface area contributed by atoms with Crippen LogP contribution in [0.5, 0.6) is 0 Å². The Bertz CT molecular complexity index is 1380. The number of carbonyl (C=O) groups excluding carboxylic acids is 3. The molecular weight excluding hydrogens is 508 g/mol. The summed E-state index contributed by atoms with van der Waals surface area (Å²) in [6.45, 7) is 14.9. The molecule has 218 valence electrons. The average molecular weight is 553 g/mol. The Kier molecular flexibility index (Phi) is 8.31. The van der Waals surface area contributed by atoms with Crippen molar-refractivity contribution in [3.63, 3.8) is 0 Å². The molecule has 2 heterocycles. The van der Waals surface area contributed by atoms with Crippen molar-refractivity contribution >= 4 is 34.6 Å². The van der Waals surface area contributed by atoms with Gasteiger partial charge in [0.2, 0.25) is 11.8 Å². The molecule has 2 aromatic rings. The van der Waals surface area contributed by atoms with Crippen molar-refractivity contribution in [1.29, 1.82) is 0 Å². The summed E-state index contributed by atoms with van der Waals surface area (Å²) in [7, 11) is 5.12. The number of carboxylic acid groups (broad SMARTS) is 1. The van der Waals surface area contributed by atoms with Gasteiger partial charge in [-0.25, -0.2) is 4.79 Å². The Morgan fingerprint density at radius 1 is 1.12 bits per heavy atom. The van der Waals surface area contributed by atoms with Crippen molar-refractivity contribution in [3.05, 3.63) is 47.2 Å². The third-order valence-electron chi connectivity index (χ3n) is 8.23. The van der Waals surface area contributed by atoms with Crippen LogP contribution in [0.3, 0.4) is 0 Å². The van der Waals surface area contributed by atoms with E-state index in [1.54, 1.807) is 20.2 Å². The number of nitrogens with one attached hydrogen (secondary N) is 1. The number of aromatic nitrogens is 1. The topological polar surface area (TPSA) is 112 Å². The smallest absolute Gasteiger partial charge is 0.331 e. The highest BCUT2D eigenvalue weighted by atomic mass is 16.4. The number of hydrogen-bond acceptors (Lipinski definition) is 4. The maximum atomic E-state index is 14.1. The number of fused-ring (bicyclic) bond motifs is 3. The van der Waals surface area contributed by atoms with Gasteiger partial charge in [0.25, 0.3) is 5.91 Å². The second kappa shape index (κ2) is 10.7. The third-order valence-corrected chi connectivity index (χ3v) is 8.23. The molecule has 0 saturated carbocycles. The van der Waals surface area contributed by atoms with Crippen molar-refractivity contribution in [2.24, 2.45) is 18.4 Å². The van der Waals surface area contributed by atoms with E-state index in [4.69, 9.17) is 0 Å². The van der Waals surface area contributed by atoms with E-state index in [9.17, 15) is 24.3 Å². The maximum absolute atomic E-state index is 14.1. The van der Waals surface area contributed by atoms with Gasteiger partial charge in [0.05, 0.1) is 6.04 Å². The zero-order chi connectivity index (χ0) is 30.5. The highest BCUT2D eigenvalue weighted by Crippen LogP contribution is 2.43. The predicted molar refractivity (Wildman–Crippen MR) is 156 cm³/mol. The van der Waals surface area contributed by atoms with Crippen molar-refractivity contribution in [1.82, 2.24) is 19.7 Å². The molecule has 3 atom stereocenters. The normalized spacial score (nSPS) is 18.9. The molecule has 3 rings (SSSR count). The molecule has 3 amide bonds. The lowest BCUT2D eigenvalue weighted by Gasteiger charge is -2.45. The second-order valence-electron chi connectivity index (χ2n) is 13.0. The van der Waals surface area contributed by atoms with Crippen LogP contribution in [-0.2, 0) is 26.8 Å². The molecule has 9 heteroatoms. The van der Waals surface area contributed by atoms with Crippen LogP contribution in [0.1, 0.15) is 71.4 Å². The summed E-state index contributed by atoms with van der Waals surface area (Å²) in [6.07, 6.45) is 1.57. The minimum atomic E-state index is -1.05. The molecule has 1 aliphatic rings. The standard InChI is InChI=1S/C31H44N4O5/c1-17(2)21(16-18(3)29(39)40)34(10)28(38)24(30(4,5)6)32-26(36)25-31(7,8)22-19-14-12-13-15-20(19)33(9)23(22)27(37)35(25)11/h12-17,21,24-25H,1-11H3,(H,32,36)(H,39,40)/b18-16+/t21-,24-,25-/m1/s1. The van der Waals surface area contributed by atoms with Gasteiger partial charge < -0.3 is 24.8 Å². The summed E-state index contributed by atoms with van der Waals surface area (Å²) >= 11 is 0. The number of hydrogen-bond donors (Lipinski definition) is 2. The average Bonchev–Trinajstić information content (AvgIpc) is 3.16. The van der Waals surface area contributed by atoms with E-state index in [1.807, 2.05) is 84.3 Å². The number of nitrogens with zero attached hydrogens (tertiary/aromatic N) is 3. The lowest BCUT2D eigenvalue weighted by atomic mass is 9.72. The molecule has 1 aromatic heterocycles. The molecule has 0 spiro atoms. The molecule has 0 unspecified atom stereocenters. The van der Waals surface area contributed by atoms with Gasteiger partial charge >= 0.3 is 5.97 Å². The summed E-state index contributed by atoms with van der Waals surface area (Å²) in [5.41, 5.74) is 1.00. The van der Waals surface area contributed by atoms with E-state index in [-0.39, 0.29) is 23.3 Å². The number of rotatable bonds is 7. The van der Waals surface area contributed by atoms with Crippen LogP contribution in [0.15, 0.2) is 35.9 Å². The predicted octanol–water partition coefficient (Wildman–Crippen LogP) is 3.95. The van der Waals surface area contributed by atoms with Gasteiger partial charge in [-0.15, -0.1) is 0 Å². The summed E-state index contributed by atoms with van der Waals surface area (Å²) in [4.78, 5) is 56.2. The van der Waals surface area contributed by atoms with Crippen LogP contribution in [0.4, 0.5) is 0 Å². The summed E-state index contributed by atoms with van der Waals surface area (Å²) < 4.78 is 1.88. The van der Waals surface area contributed by atoms with Gasteiger partial charge in [-0.3, -0.25) is 14.4 Å². The van der Waals surface area contributed by atoms with Gasteiger partial charge in [-0.1, -0.05) is 72.7 Å². The zero-order valence-electron chi connectivity index (χ0n) is 25.6. The SMILES string of the molecule is C/C(=C\[C@H](C(C)C)N(C)C(=O)[C@@H](NC(=O)[C@H]1N(C)C(=O)c2c(c3ccccc3n2C)C1(C)C)C(C)(C)C)C(=O)O. The molecule has 0 aliphatic carbocycles. The van der Waals surface area contributed by atoms with Gasteiger partial charge in [-0.05, 0) is 29.9 Å². The number of amides is 3. The van der Waals surface area contributed by atoms with E-state index in [0.717, 1.165) is 16.5 Å². The molecule has 0 saturated heterocycles. The van der Waals surface area contributed by atoms with Gasteiger partial charge in [0, 0.05) is 43.0 Å². The van der Waals surface area contributed by atoms with Gasteiger partial charge in [0.15, 0.2) is 0 Å². The van der Waals surface area contributed by atoms with E-state index < -0.39 is 40.8 Å². The zero-order valence-corrected chi connectivity index (χ0v) is 25.6.